The zero-order valence-electron chi connectivity index (χ0n) is 15.3. The molecule has 1 saturated carbocycles. The maximum absolute atomic E-state index is 13.1. The third-order valence-electron chi connectivity index (χ3n) is 5.50. The topological polar surface area (TPSA) is 50.2 Å². The number of carbonyl (C=O) groups is 1. The van der Waals surface area contributed by atoms with Gasteiger partial charge in [0.05, 0.1) is 17.8 Å². The zero-order valence-corrected chi connectivity index (χ0v) is 15.3. The van der Waals surface area contributed by atoms with Gasteiger partial charge in [0.2, 0.25) is 5.91 Å². The Kier molecular flexibility index (Phi) is 4.53. The molecule has 1 saturated heterocycles. The molecule has 5 nitrogen and oxygen atoms in total. The third-order valence-corrected chi connectivity index (χ3v) is 5.50. The first-order valence-electron chi connectivity index (χ1n) is 9.35. The molecule has 1 unspecified atom stereocenters. The van der Waals surface area contributed by atoms with Crippen LogP contribution in [0.1, 0.15) is 36.2 Å². The fourth-order valence-electron chi connectivity index (χ4n) is 3.88. The normalized spacial score (nSPS) is 20.5. The van der Waals surface area contributed by atoms with E-state index in [1.54, 1.807) is 16.8 Å². The number of hydrogen-bond acceptors (Lipinski definition) is 3. The van der Waals surface area contributed by atoms with E-state index in [1.165, 1.54) is 25.0 Å². The van der Waals surface area contributed by atoms with Crippen molar-refractivity contribution in [1.82, 2.24) is 20.0 Å². The van der Waals surface area contributed by atoms with Gasteiger partial charge in [0, 0.05) is 36.4 Å². The van der Waals surface area contributed by atoms with E-state index >= 15 is 0 Å². The minimum atomic E-state index is -0.272. The lowest BCUT2D eigenvalue weighted by molar-refractivity contribution is -0.121. The van der Waals surface area contributed by atoms with Crippen LogP contribution in [0.5, 0.6) is 0 Å². The number of aryl methyl sites for hydroxylation is 1. The Morgan fingerprint density at radius 1 is 1.23 bits per heavy atom. The molecule has 6 heteroatoms. The van der Waals surface area contributed by atoms with Gasteiger partial charge in [-0.15, -0.1) is 0 Å². The fraction of sp³-hybridized carbons (Fsp3) is 0.500. The quantitative estimate of drug-likeness (QED) is 0.896. The molecule has 2 fully saturated rings. The summed E-state index contributed by atoms with van der Waals surface area (Å²) in [6.45, 7) is 5.94. The van der Waals surface area contributed by atoms with Crippen LogP contribution in [0.15, 0.2) is 24.3 Å². The Morgan fingerprint density at radius 3 is 2.65 bits per heavy atom. The van der Waals surface area contributed by atoms with Crippen LogP contribution in [-0.2, 0) is 11.2 Å². The number of nitrogens with one attached hydrogen (secondary N) is 1. The van der Waals surface area contributed by atoms with Crippen molar-refractivity contribution in [2.75, 3.05) is 13.1 Å². The molecule has 1 aliphatic carbocycles. The lowest BCUT2D eigenvalue weighted by Crippen LogP contribution is -2.38. The van der Waals surface area contributed by atoms with Gasteiger partial charge < -0.3 is 5.32 Å². The van der Waals surface area contributed by atoms with Gasteiger partial charge in [0.25, 0.3) is 0 Å². The second-order valence-corrected chi connectivity index (χ2v) is 7.49. The molecule has 138 valence electrons. The standard InChI is InChI=1S/C20H25FN4O/c1-13-19(14(2)25(23-13)18-5-3-15(21)4-6-18)11-20(26)22-16-9-10-24(12-16)17-7-8-17/h3-6,16-17H,7-12H2,1-2H3,(H,22,26). The maximum atomic E-state index is 13.1. The van der Waals surface area contributed by atoms with Crippen LogP contribution in [0.25, 0.3) is 5.69 Å². The molecule has 0 spiro atoms. The Labute approximate surface area is 153 Å². The third kappa shape index (κ3) is 3.51. The fourth-order valence-corrected chi connectivity index (χ4v) is 3.88. The van der Waals surface area contributed by atoms with Crippen molar-refractivity contribution in [3.63, 3.8) is 0 Å². The molecule has 1 atom stereocenters. The first-order chi connectivity index (χ1) is 12.5. The lowest BCUT2D eigenvalue weighted by Gasteiger charge is -2.16. The molecule has 1 amide bonds. The maximum Gasteiger partial charge on any atom is 0.224 e. The molecule has 2 aliphatic rings. The molecule has 1 aliphatic heterocycles. The summed E-state index contributed by atoms with van der Waals surface area (Å²) in [4.78, 5) is 15.0. The smallest absolute Gasteiger partial charge is 0.224 e. The predicted molar refractivity (Wildman–Crippen MR) is 97.8 cm³/mol. The number of nitrogens with zero attached hydrogens (tertiary/aromatic N) is 3. The number of likely N-dealkylation sites (tertiary alicyclic amines) is 1. The van der Waals surface area contributed by atoms with Crippen LogP contribution in [0, 0.1) is 19.7 Å². The molecule has 4 rings (SSSR count). The molecule has 0 bridgehead atoms. The predicted octanol–water partition coefficient (Wildman–Crippen LogP) is 2.52. The second kappa shape index (κ2) is 6.83. The van der Waals surface area contributed by atoms with Gasteiger partial charge in [0.15, 0.2) is 0 Å². The molecule has 2 heterocycles. The van der Waals surface area contributed by atoms with Gasteiger partial charge in [-0.05, 0) is 57.4 Å². The molecule has 1 aromatic carbocycles. The summed E-state index contributed by atoms with van der Waals surface area (Å²) < 4.78 is 14.9. The summed E-state index contributed by atoms with van der Waals surface area (Å²) in [7, 11) is 0. The van der Waals surface area contributed by atoms with E-state index < -0.39 is 0 Å². The van der Waals surface area contributed by atoms with Crippen LogP contribution in [0.2, 0.25) is 0 Å². The average molecular weight is 356 g/mol. The van der Waals surface area contributed by atoms with Crippen LogP contribution in [-0.4, -0.2) is 45.8 Å². The number of amides is 1. The van der Waals surface area contributed by atoms with Crippen LogP contribution in [0.3, 0.4) is 0 Å². The van der Waals surface area contributed by atoms with Crippen LogP contribution < -0.4 is 5.32 Å². The van der Waals surface area contributed by atoms with E-state index in [-0.39, 0.29) is 17.8 Å². The summed E-state index contributed by atoms with van der Waals surface area (Å²) >= 11 is 0. The molecule has 26 heavy (non-hydrogen) atoms. The lowest BCUT2D eigenvalue weighted by atomic mass is 10.1. The van der Waals surface area contributed by atoms with E-state index in [4.69, 9.17) is 0 Å². The van der Waals surface area contributed by atoms with Crippen molar-refractivity contribution >= 4 is 5.91 Å². The molecule has 1 aromatic heterocycles. The minimum absolute atomic E-state index is 0.0532. The zero-order chi connectivity index (χ0) is 18.3. The summed E-state index contributed by atoms with van der Waals surface area (Å²) in [6, 6.07) is 7.26. The van der Waals surface area contributed by atoms with E-state index in [2.05, 4.69) is 15.3 Å². The highest BCUT2D eigenvalue weighted by atomic mass is 19.1. The summed E-state index contributed by atoms with van der Waals surface area (Å²) in [5.41, 5.74) is 3.52. The van der Waals surface area contributed by atoms with Gasteiger partial charge in [-0.2, -0.15) is 5.10 Å². The molecule has 1 N–H and O–H groups in total. The number of benzene rings is 1. The van der Waals surface area contributed by atoms with Crippen molar-refractivity contribution in [3.8, 4) is 5.69 Å². The highest BCUT2D eigenvalue weighted by Crippen LogP contribution is 2.29. The molecular formula is C20H25FN4O. The number of rotatable bonds is 5. The Balaban J connectivity index is 1.42. The number of hydrogen-bond donors (Lipinski definition) is 1. The first-order valence-corrected chi connectivity index (χ1v) is 9.35. The Hall–Kier alpha value is -2.21. The number of aromatic nitrogens is 2. The van der Waals surface area contributed by atoms with Gasteiger partial charge in [-0.25, -0.2) is 9.07 Å². The SMILES string of the molecule is Cc1nn(-c2ccc(F)cc2)c(C)c1CC(=O)NC1CCN(C2CC2)C1. The molecular weight excluding hydrogens is 331 g/mol. The van der Waals surface area contributed by atoms with Crippen molar-refractivity contribution in [2.24, 2.45) is 0 Å². The van der Waals surface area contributed by atoms with Crippen molar-refractivity contribution in [1.29, 1.82) is 0 Å². The largest absolute Gasteiger partial charge is 0.352 e. The van der Waals surface area contributed by atoms with E-state index in [9.17, 15) is 9.18 Å². The Bertz CT molecular complexity index is 810. The number of carbonyl (C=O) groups excluding carboxylic acids is 1. The number of halogens is 1. The highest BCUT2D eigenvalue weighted by Gasteiger charge is 2.34. The van der Waals surface area contributed by atoms with Gasteiger partial charge in [-0.1, -0.05) is 0 Å². The van der Waals surface area contributed by atoms with Gasteiger partial charge in [0.1, 0.15) is 5.82 Å². The summed E-state index contributed by atoms with van der Waals surface area (Å²) in [6.07, 6.45) is 3.98. The van der Waals surface area contributed by atoms with Crippen molar-refractivity contribution in [3.05, 3.63) is 47.0 Å². The van der Waals surface area contributed by atoms with Crippen molar-refractivity contribution < 1.29 is 9.18 Å². The Morgan fingerprint density at radius 2 is 1.96 bits per heavy atom. The summed E-state index contributed by atoms with van der Waals surface area (Å²) in [5, 5.41) is 7.73. The van der Waals surface area contributed by atoms with E-state index in [0.29, 0.717) is 6.42 Å². The highest BCUT2D eigenvalue weighted by molar-refractivity contribution is 5.79. The second-order valence-electron chi connectivity index (χ2n) is 7.49. The molecule has 2 aromatic rings. The minimum Gasteiger partial charge on any atom is -0.352 e. The van der Waals surface area contributed by atoms with Crippen molar-refractivity contribution in [2.45, 2.75) is 51.6 Å². The van der Waals surface area contributed by atoms with Gasteiger partial charge >= 0.3 is 0 Å². The molecule has 0 radical (unpaired) electrons. The van der Waals surface area contributed by atoms with E-state index in [1.807, 2.05) is 13.8 Å². The first kappa shape index (κ1) is 17.2. The van der Waals surface area contributed by atoms with E-state index in [0.717, 1.165) is 48.2 Å². The van der Waals surface area contributed by atoms with Crippen LogP contribution >= 0.6 is 0 Å². The summed E-state index contributed by atoms with van der Waals surface area (Å²) in [5.74, 6) is -0.218. The van der Waals surface area contributed by atoms with Crippen LogP contribution in [0.4, 0.5) is 4.39 Å². The monoisotopic (exact) mass is 356 g/mol. The van der Waals surface area contributed by atoms with Gasteiger partial charge in [-0.3, -0.25) is 9.69 Å². The average Bonchev–Trinajstić information content (AvgIpc) is 3.31.